The molecule has 42 heavy (non-hydrogen) atoms. The number of hydrogen-bond donors (Lipinski definition) is 0. The number of hydrogen-bond acceptors (Lipinski definition) is 9. The SMILES string of the molecule is COc1ccc(-c2ccc3nc(C)c(-c4nc(-c5ccccc5)c(C5(C6CCCCO6)N=CN=N5)s4)n3c2)cc1OC. The first-order valence-electron chi connectivity index (χ1n) is 14.0. The Labute approximate surface area is 247 Å². The molecule has 2 aromatic carbocycles. The molecule has 1 saturated heterocycles. The summed E-state index contributed by atoms with van der Waals surface area (Å²) in [5, 5.41) is 9.78. The van der Waals surface area contributed by atoms with E-state index in [-0.39, 0.29) is 6.10 Å². The van der Waals surface area contributed by atoms with E-state index in [0.717, 1.165) is 68.6 Å². The Kier molecular flexibility index (Phi) is 6.79. The van der Waals surface area contributed by atoms with Crippen LogP contribution in [0.15, 0.2) is 82.1 Å². The fraction of sp³-hybridized carbons (Fsp3) is 0.281. The van der Waals surface area contributed by atoms with E-state index < -0.39 is 5.66 Å². The third-order valence-corrected chi connectivity index (χ3v) is 9.04. The highest BCUT2D eigenvalue weighted by molar-refractivity contribution is 7.15. The number of rotatable bonds is 7. The summed E-state index contributed by atoms with van der Waals surface area (Å²) >= 11 is 1.59. The summed E-state index contributed by atoms with van der Waals surface area (Å²) in [4.78, 5) is 15.9. The zero-order chi connectivity index (χ0) is 28.7. The number of benzene rings is 2. The minimum absolute atomic E-state index is 0.204. The van der Waals surface area contributed by atoms with Crippen molar-refractivity contribution in [2.45, 2.75) is 38.0 Å². The summed E-state index contributed by atoms with van der Waals surface area (Å²) in [5.74, 6) is 1.36. The van der Waals surface area contributed by atoms with Crippen molar-refractivity contribution in [3.63, 3.8) is 0 Å². The normalized spacial score (nSPS) is 19.9. The number of thiazole rings is 1. The number of azo groups is 1. The maximum atomic E-state index is 6.28. The molecule has 212 valence electrons. The molecule has 2 aliphatic rings. The number of methoxy groups -OCH3 is 2. The van der Waals surface area contributed by atoms with Crippen LogP contribution < -0.4 is 9.47 Å². The summed E-state index contributed by atoms with van der Waals surface area (Å²) in [6.45, 7) is 2.71. The van der Waals surface area contributed by atoms with Gasteiger partial charge in [-0.1, -0.05) is 36.4 Å². The van der Waals surface area contributed by atoms with E-state index in [9.17, 15) is 0 Å². The molecule has 5 heterocycles. The van der Waals surface area contributed by atoms with Gasteiger partial charge < -0.3 is 14.2 Å². The second-order valence-electron chi connectivity index (χ2n) is 10.4. The Morgan fingerprint density at radius 1 is 0.929 bits per heavy atom. The van der Waals surface area contributed by atoms with E-state index in [0.29, 0.717) is 18.1 Å². The number of aryl methyl sites for hydroxylation is 1. The lowest BCUT2D eigenvalue weighted by Crippen LogP contribution is -2.39. The van der Waals surface area contributed by atoms with Crippen molar-refractivity contribution in [1.82, 2.24) is 14.4 Å². The predicted octanol–water partition coefficient (Wildman–Crippen LogP) is 7.33. The molecule has 10 heteroatoms. The second-order valence-corrected chi connectivity index (χ2v) is 11.4. The molecule has 0 spiro atoms. The largest absolute Gasteiger partial charge is 0.493 e. The van der Waals surface area contributed by atoms with Crippen molar-refractivity contribution in [2.75, 3.05) is 20.8 Å². The van der Waals surface area contributed by atoms with Crippen LogP contribution in [0.3, 0.4) is 0 Å². The number of fused-ring (bicyclic) bond motifs is 1. The van der Waals surface area contributed by atoms with Gasteiger partial charge in [0.2, 0.25) is 5.66 Å². The first-order valence-corrected chi connectivity index (χ1v) is 14.8. The Bertz CT molecular complexity index is 1810. The zero-order valence-corrected chi connectivity index (χ0v) is 24.5. The minimum atomic E-state index is -0.958. The van der Waals surface area contributed by atoms with Crippen LogP contribution in [0.1, 0.15) is 29.8 Å². The van der Waals surface area contributed by atoms with Gasteiger partial charge in [-0.3, -0.25) is 4.40 Å². The van der Waals surface area contributed by atoms with E-state index in [1.165, 1.54) is 0 Å². The van der Waals surface area contributed by atoms with Gasteiger partial charge in [0.1, 0.15) is 28.8 Å². The quantitative estimate of drug-likeness (QED) is 0.201. The summed E-state index contributed by atoms with van der Waals surface area (Å²) in [7, 11) is 3.28. The Balaban J connectivity index is 1.40. The maximum Gasteiger partial charge on any atom is 0.234 e. The van der Waals surface area contributed by atoms with E-state index in [2.05, 4.69) is 33.9 Å². The molecule has 7 rings (SSSR count). The highest BCUT2D eigenvalue weighted by Crippen LogP contribution is 2.48. The first-order chi connectivity index (χ1) is 20.6. The fourth-order valence-electron chi connectivity index (χ4n) is 5.78. The summed E-state index contributed by atoms with van der Waals surface area (Å²) < 4.78 is 19.4. The van der Waals surface area contributed by atoms with Crippen molar-refractivity contribution >= 4 is 23.3 Å². The van der Waals surface area contributed by atoms with Crippen molar-refractivity contribution in [3.05, 3.63) is 77.4 Å². The van der Waals surface area contributed by atoms with Gasteiger partial charge in [-0.15, -0.1) is 21.6 Å². The molecule has 0 aliphatic carbocycles. The van der Waals surface area contributed by atoms with E-state index in [4.69, 9.17) is 34.3 Å². The molecule has 0 radical (unpaired) electrons. The average molecular weight is 579 g/mol. The predicted molar refractivity (Wildman–Crippen MR) is 164 cm³/mol. The average Bonchev–Trinajstić information content (AvgIpc) is 3.78. The Morgan fingerprint density at radius 2 is 1.76 bits per heavy atom. The van der Waals surface area contributed by atoms with Gasteiger partial charge in [0.05, 0.1) is 30.5 Å². The summed E-state index contributed by atoms with van der Waals surface area (Å²) in [5.41, 5.74) is 5.56. The third kappa shape index (κ3) is 4.38. The molecule has 5 aromatic rings. The molecule has 2 unspecified atom stereocenters. The maximum absolute atomic E-state index is 6.28. The van der Waals surface area contributed by atoms with Crippen LogP contribution in [0, 0.1) is 6.92 Å². The number of imidazole rings is 1. The lowest BCUT2D eigenvalue weighted by Gasteiger charge is -2.33. The zero-order valence-electron chi connectivity index (χ0n) is 23.7. The van der Waals surface area contributed by atoms with Crippen LogP contribution in [-0.2, 0) is 10.4 Å². The monoisotopic (exact) mass is 578 g/mol. The molecule has 0 bridgehead atoms. The second kappa shape index (κ2) is 10.8. The molecule has 0 saturated carbocycles. The molecular weight excluding hydrogens is 548 g/mol. The van der Waals surface area contributed by atoms with Crippen molar-refractivity contribution < 1.29 is 14.2 Å². The van der Waals surface area contributed by atoms with Gasteiger partial charge in [0, 0.05) is 18.4 Å². The standard InChI is InChI=1S/C32H30N6O3S/c1-20-29(38-18-23(13-15-27(38)35-20)22-12-14-24(39-2)25(17-22)40-3)31-36-28(21-9-5-4-6-10-21)30(42-31)32(33-19-34-37-32)26-11-7-8-16-41-26/h4-6,9-10,12-15,17-19,26H,7-8,11,16H2,1-3H3. The van der Waals surface area contributed by atoms with Crippen LogP contribution in [0.25, 0.3) is 38.7 Å². The van der Waals surface area contributed by atoms with Crippen molar-refractivity contribution in [2.24, 2.45) is 15.2 Å². The van der Waals surface area contributed by atoms with Gasteiger partial charge in [-0.05, 0) is 61.6 Å². The Hall–Kier alpha value is -4.41. The smallest absolute Gasteiger partial charge is 0.234 e. The number of aromatic nitrogens is 3. The van der Waals surface area contributed by atoms with Crippen LogP contribution in [0.5, 0.6) is 11.5 Å². The first kappa shape index (κ1) is 26.5. The van der Waals surface area contributed by atoms with Gasteiger partial charge in [0.25, 0.3) is 0 Å². The van der Waals surface area contributed by atoms with Crippen LogP contribution in [-0.4, -0.2) is 47.6 Å². The number of ether oxygens (including phenoxy) is 3. The molecule has 2 aliphatic heterocycles. The highest BCUT2D eigenvalue weighted by Gasteiger charge is 2.48. The highest BCUT2D eigenvalue weighted by atomic mass is 32.1. The van der Waals surface area contributed by atoms with Crippen LogP contribution in [0.2, 0.25) is 0 Å². The van der Waals surface area contributed by atoms with Gasteiger partial charge >= 0.3 is 0 Å². The van der Waals surface area contributed by atoms with Crippen molar-refractivity contribution in [1.29, 1.82) is 0 Å². The molecule has 3 aromatic heterocycles. The van der Waals surface area contributed by atoms with Gasteiger partial charge in [0.15, 0.2) is 11.5 Å². The van der Waals surface area contributed by atoms with Crippen molar-refractivity contribution in [3.8, 4) is 44.6 Å². The molecule has 0 amide bonds. The third-order valence-electron chi connectivity index (χ3n) is 7.87. The Morgan fingerprint density at radius 3 is 2.50 bits per heavy atom. The lowest BCUT2D eigenvalue weighted by molar-refractivity contribution is -0.0305. The molecule has 0 N–H and O–H groups in total. The summed E-state index contributed by atoms with van der Waals surface area (Å²) in [6.07, 6.45) is 6.40. The van der Waals surface area contributed by atoms with Gasteiger partial charge in [-0.2, -0.15) is 0 Å². The van der Waals surface area contributed by atoms with E-state index in [1.54, 1.807) is 31.9 Å². The van der Waals surface area contributed by atoms with Crippen LogP contribution >= 0.6 is 11.3 Å². The number of pyridine rings is 1. The molecular formula is C32H30N6O3S. The molecule has 9 nitrogen and oxygen atoms in total. The summed E-state index contributed by atoms with van der Waals surface area (Å²) in [6, 6.07) is 20.2. The van der Waals surface area contributed by atoms with E-state index in [1.807, 2.05) is 49.4 Å². The fourth-order valence-corrected chi connectivity index (χ4v) is 7.09. The number of aliphatic imine (C=N–C) groups is 1. The topological polar surface area (TPSA) is 95.0 Å². The lowest BCUT2D eigenvalue weighted by atomic mass is 9.93. The van der Waals surface area contributed by atoms with Gasteiger partial charge in [-0.25, -0.2) is 15.0 Å². The van der Waals surface area contributed by atoms with Crippen LogP contribution in [0.4, 0.5) is 0 Å². The molecule has 2 atom stereocenters. The number of nitrogens with zero attached hydrogens (tertiary/aromatic N) is 6. The van der Waals surface area contributed by atoms with E-state index >= 15 is 0 Å². The minimum Gasteiger partial charge on any atom is -0.493 e. The molecule has 1 fully saturated rings.